The molecule has 2 atom stereocenters. The molecule has 2 unspecified atom stereocenters. The number of hydrogen-bond donors (Lipinski definition) is 3. The number of ether oxygens (including phenoxy) is 1. The average molecular weight is 477 g/mol. The summed E-state index contributed by atoms with van der Waals surface area (Å²) in [5.41, 5.74) is 2.21. The Bertz CT molecular complexity index is 858. The van der Waals surface area contributed by atoms with Crippen LogP contribution in [0, 0.1) is 0 Å². The summed E-state index contributed by atoms with van der Waals surface area (Å²) in [6.07, 6.45) is 5.59. The molecular formula is C24H37FN6O3. The van der Waals surface area contributed by atoms with E-state index in [0.29, 0.717) is 25.3 Å². The summed E-state index contributed by atoms with van der Waals surface area (Å²) < 4.78 is 19.2. The largest absolute Gasteiger partial charge is 0.480 e. The maximum atomic E-state index is 14.3. The Morgan fingerprint density at radius 2 is 2.09 bits per heavy atom. The van der Waals surface area contributed by atoms with E-state index >= 15 is 0 Å². The zero-order valence-corrected chi connectivity index (χ0v) is 20.3. The van der Waals surface area contributed by atoms with E-state index in [1.165, 1.54) is 19.0 Å². The molecule has 188 valence electrons. The van der Waals surface area contributed by atoms with Gasteiger partial charge in [-0.3, -0.25) is 0 Å². The molecule has 9 nitrogen and oxygen atoms in total. The van der Waals surface area contributed by atoms with Crippen molar-refractivity contribution in [2.24, 2.45) is 0 Å². The number of hydrogen-bond acceptors (Lipinski definition) is 8. The number of pyridine rings is 1. The van der Waals surface area contributed by atoms with Crippen molar-refractivity contribution in [1.29, 1.82) is 0 Å². The summed E-state index contributed by atoms with van der Waals surface area (Å²) in [5, 5.41) is 15.7. The number of methoxy groups -OCH3 is 1. The van der Waals surface area contributed by atoms with E-state index in [9.17, 15) is 14.3 Å². The summed E-state index contributed by atoms with van der Waals surface area (Å²) in [6.45, 7) is 3.41. The third-order valence-electron chi connectivity index (χ3n) is 5.55. The Labute approximate surface area is 201 Å². The standard InChI is InChI=1S/C24H37FN6O3/c1-4-18-8-9-20(29-23(18)26-2)7-5-6-13-31(15-19(25)16-34-3)14-11-21(24(32)33)30-22-10-12-27-17-28-22/h8-10,12,17,19,21H,4-7,11,13-16H2,1-3H3,(H,26,29)(H,32,33)(H,27,28,30). The number of aliphatic carboxylic acids is 1. The predicted octanol–water partition coefficient (Wildman–Crippen LogP) is 3.04. The van der Waals surface area contributed by atoms with Crippen molar-refractivity contribution >= 4 is 17.6 Å². The lowest BCUT2D eigenvalue weighted by Crippen LogP contribution is -2.38. The first kappa shape index (κ1) is 27.4. The summed E-state index contributed by atoms with van der Waals surface area (Å²) in [4.78, 5) is 26.2. The highest BCUT2D eigenvalue weighted by molar-refractivity contribution is 5.76. The third-order valence-corrected chi connectivity index (χ3v) is 5.55. The molecule has 0 saturated carbocycles. The van der Waals surface area contributed by atoms with Gasteiger partial charge in [-0.05, 0) is 56.3 Å². The molecule has 0 aromatic carbocycles. The maximum absolute atomic E-state index is 14.3. The molecule has 0 saturated heterocycles. The van der Waals surface area contributed by atoms with E-state index in [0.717, 1.165) is 37.2 Å². The number of alkyl halides is 1. The first-order valence-electron chi connectivity index (χ1n) is 11.7. The highest BCUT2D eigenvalue weighted by Gasteiger charge is 2.21. The molecule has 0 fully saturated rings. The first-order chi connectivity index (χ1) is 16.5. The minimum Gasteiger partial charge on any atom is -0.480 e. The number of rotatable bonds is 17. The van der Waals surface area contributed by atoms with Gasteiger partial charge in [-0.2, -0.15) is 0 Å². The van der Waals surface area contributed by atoms with Crippen LogP contribution >= 0.6 is 0 Å². The van der Waals surface area contributed by atoms with E-state index in [2.05, 4.69) is 44.6 Å². The minimum absolute atomic E-state index is 0.0124. The highest BCUT2D eigenvalue weighted by atomic mass is 19.1. The Morgan fingerprint density at radius 3 is 2.74 bits per heavy atom. The molecule has 2 heterocycles. The van der Waals surface area contributed by atoms with Crippen molar-refractivity contribution in [2.45, 2.75) is 51.2 Å². The molecule has 3 N–H and O–H groups in total. The van der Waals surface area contributed by atoms with Gasteiger partial charge in [0.05, 0.1) is 6.61 Å². The fourth-order valence-corrected chi connectivity index (χ4v) is 3.74. The van der Waals surface area contributed by atoms with Crippen LogP contribution in [0.5, 0.6) is 0 Å². The number of nitrogens with zero attached hydrogens (tertiary/aromatic N) is 4. The minimum atomic E-state index is -1.13. The number of aromatic nitrogens is 3. The smallest absolute Gasteiger partial charge is 0.326 e. The predicted molar refractivity (Wildman–Crippen MR) is 131 cm³/mol. The molecule has 2 aromatic rings. The van der Waals surface area contributed by atoms with E-state index in [4.69, 9.17) is 4.74 Å². The second-order valence-electron chi connectivity index (χ2n) is 8.14. The zero-order chi connectivity index (χ0) is 24.8. The number of aryl methyl sites for hydroxylation is 2. The maximum Gasteiger partial charge on any atom is 0.326 e. The van der Waals surface area contributed by atoms with Crippen LogP contribution in [0.4, 0.5) is 16.0 Å². The third kappa shape index (κ3) is 9.56. The van der Waals surface area contributed by atoms with E-state index < -0.39 is 18.2 Å². The van der Waals surface area contributed by atoms with Crippen molar-refractivity contribution < 1.29 is 19.0 Å². The van der Waals surface area contributed by atoms with E-state index in [-0.39, 0.29) is 13.2 Å². The molecule has 0 radical (unpaired) electrons. The van der Waals surface area contributed by atoms with Gasteiger partial charge in [0, 0.05) is 39.1 Å². The van der Waals surface area contributed by atoms with Gasteiger partial charge < -0.3 is 25.4 Å². The van der Waals surface area contributed by atoms with Crippen LogP contribution < -0.4 is 10.6 Å². The normalized spacial score (nSPS) is 13.0. The highest BCUT2D eigenvalue weighted by Crippen LogP contribution is 2.15. The molecule has 0 aliphatic carbocycles. The number of carboxylic acids is 1. The van der Waals surface area contributed by atoms with Gasteiger partial charge in [0.2, 0.25) is 0 Å². The quantitative estimate of drug-likeness (QED) is 0.297. The fraction of sp³-hybridized carbons (Fsp3) is 0.583. The summed E-state index contributed by atoms with van der Waals surface area (Å²) in [7, 11) is 3.35. The van der Waals surface area contributed by atoms with Crippen LogP contribution in [0.3, 0.4) is 0 Å². The lowest BCUT2D eigenvalue weighted by atomic mass is 10.1. The molecule has 2 aromatic heterocycles. The van der Waals surface area contributed by atoms with Gasteiger partial charge in [-0.15, -0.1) is 0 Å². The number of halogens is 1. The Balaban J connectivity index is 1.90. The van der Waals surface area contributed by atoms with Crippen molar-refractivity contribution in [2.75, 3.05) is 51.0 Å². The molecule has 0 aliphatic heterocycles. The Kier molecular flexibility index (Phi) is 12.2. The van der Waals surface area contributed by atoms with Crippen LogP contribution in [0.25, 0.3) is 0 Å². The van der Waals surface area contributed by atoms with E-state index in [1.807, 2.05) is 11.9 Å². The second kappa shape index (κ2) is 15.1. The van der Waals surface area contributed by atoms with Crippen LogP contribution in [0.2, 0.25) is 0 Å². The van der Waals surface area contributed by atoms with Crippen LogP contribution in [0.1, 0.15) is 37.4 Å². The number of anilines is 2. The molecule has 0 bridgehead atoms. The first-order valence-corrected chi connectivity index (χ1v) is 11.7. The number of carbonyl (C=O) groups is 1. The van der Waals surface area contributed by atoms with Gasteiger partial charge in [0.25, 0.3) is 0 Å². The topological polar surface area (TPSA) is 112 Å². The molecule has 0 spiro atoms. The van der Waals surface area contributed by atoms with Gasteiger partial charge in [-0.25, -0.2) is 24.1 Å². The van der Waals surface area contributed by atoms with Gasteiger partial charge in [-0.1, -0.05) is 13.0 Å². The molecule has 0 aliphatic rings. The van der Waals surface area contributed by atoms with Crippen molar-refractivity contribution in [3.8, 4) is 0 Å². The van der Waals surface area contributed by atoms with Crippen molar-refractivity contribution in [3.63, 3.8) is 0 Å². The van der Waals surface area contributed by atoms with Gasteiger partial charge in [0.1, 0.15) is 30.2 Å². The average Bonchev–Trinajstić information content (AvgIpc) is 2.84. The Hall–Kier alpha value is -2.85. The zero-order valence-electron chi connectivity index (χ0n) is 20.3. The summed E-state index contributed by atoms with van der Waals surface area (Å²) >= 11 is 0. The lowest BCUT2D eigenvalue weighted by Gasteiger charge is -2.26. The van der Waals surface area contributed by atoms with Gasteiger partial charge >= 0.3 is 5.97 Å². The van der Waals surface area contributed by atoms with Crippen LogP contribution in [-0.4, -0.2) is 83.5 Å². The Morgan fingerprint density at radius 1 is 1.26 bits per heavy atom. The SMILES string of the molecule is CCc1ccc(CCCCN(CCC(Nc2ccncn2)C(=O)O)CC(F)COC)nc1NC. The molecule has 2 rings (SSSR count). The fourth-order valence-electron chi connectivity index (χ4n) is 3.74. The van der Waals surface area contributed by atoms with Crippen LogP contribution in [0.15, 0.2) is 30.7 Å². The lowest BCUT2D eigenvalue weighted by molar-refractivity contribution is -0.138. The monoisotopic (exact) mass is 476 g/mol. The number of nitrogens with one attached hydrogen (secondary N) is 2. The van der Waals surface area contributed by atoms with E-state index in [1.54, 1.807) is 12.3 Å². The van der Waals surface area contributed by atoms with Crippen molar-refractivity contribution in [3.05, 3.63) is 42.0 Å². The number of carboxylic acid groups (broad SMARTS) is 1. The summed E-state index contributed by atoms with van der Waals surface area (Å²) in [6, 6.07) is 4.95. The summed E-state index contributed by atoms with van der Waals surface area (Å²) in [5.74, 6) is 0.380. The van der Waals surface area contributed by atoms with Crippen molar-refractivity contribution in [1.82, 2.24) is 19.9 Å². The molecule has 34 heavy (non-hydrogen) atoms. The molecular weight excluding hydrogens is 439 g/mol. The molecule has 10 heteroatoms. The molecule has 0 amide bonds. The number of unbranched alkanes of at least 4 members (excludes halogenated alkanes) is 1. The van der Waals surface area contributed by atoms with Gasteiger partial charge in [0.15, 0.2) is 0 Å². The second-order valence-corrected chi connectivity index (χ2v) is 8.14. The van der Waals surface area contributed by atoms with Crippen LogP contribution in [-0.2, 0) is 22.4 Å².